The minimum Gasteiger partial charge on any atom is -0.478 e. The van der Waals surface area contributed by atoms with E-state index >= 15 is 0 Å². The van der Waals surface area contributed by atoms with Crippen molar-refractivity contribution in [2.75, 3.05) is 26.2 Å². The molecule has 0 aliphatic carbocycles. The van der Waals surface area contributed by atoms with Crippen LogP contribution in [0, 0.1) is 0 Å². The third-order valence-corrected chi connectivity index (χ3v) is 5.67. The fourth-order valence-electron chi connectivity index (χ4n) is 2.97. The van der Waals surface area contributed by atoms with Gasteiger partial charge >= 0.3 is 5.97 Å². The van der Waals surface area contributed by atoms with Crippen LogP contribution in [0.3, 0.4) is 0 Å². The Morgan fingerprint density at radius 3 is 2.26 bits per heavy atom. The van der Waals surface area contributed by atoms with Gasteiger partial charge < -0.3 is 15.1 Å². The first-order valence-corrected chi connectivity index (χ1v) is 11.3. The maximum absolute atomic E-state index is 10.2. The Hall–Kier alpha value is -1.37. The van der Waals surface area contributed by atoms with Crippen LogP contribution in [0.15, 0.2) is 59.1 Å². The van der Waals surface area contributed by atoms with Crippen molar-refractivity contribution in [2.45, 2.75) is 32.6 Å². The monoisotopic (exact) mass is 531 g/mol. The van der Waals surface area contributed by atoms with Gasteiger partial charge in [0.1, 0.15) is 0 Å². The van der Waals surface area contributed by atoms with Crippen molar-refractivity contribution in [1.29, 1.82) is 0 Å². The Bertz CT molecular complexity index is 781. The molecule has 4 nitrogen and oxygen atoms in total. The molecule has 0 amide bonds. The van der Waals surface area contributed by atoms with E-state index in [4.69, 9.17) is 16.7 Å². The number of carboxylic acid groups (broad SMARTS) is 1. The zero-order chi connectivity index (χ0) is 22.4. The van der Waals surface area contributed by atoms with Crippen molar-refractivity contribution in [3.8, 4) is 0 Å². The highest BCUT2D eigenvalue weighted by Gasteiger charge is 2.10. The Morgan fingerprint density at radius 1 is 1.13 bits per heavy atom. The second-order valence-corrected chi connectivity index (χ2v) is 8.12. The van der Waals surface area contributed by atoms with E-state index < -0.39 is 5.97 Å². The SMILES string of the molecule is CCN(CC)CCCC(CO)c1ccc(Br)cc1.Cl.O=C(O)/C=C/c1ccccc1Cl. The highest BCUT2D eigenvalue weighted by Crippen LogP contribution is 2.23. The standard InChI is InChI=1S/C15H24BrNO.C9H7ClO2.ClH/c1-3-17(4-2)11-5-6-14(12-18)13-7-9-15(16)10-8-13;10-8-4-2-1-3-7(8)5-6-9(11)12;/h7-10,14,18H,3-6,11-12H2,1-2H3;1-6H,(H,11,12);1H/b;6-5+;. The summed E-state index contributed by atoms with van der Waals surface area (Å²) in [6.45, 7) is 7.97. The number of aliphatic hydroxyl groups excluding tert-OH is 1. The summed E-state index contributed by atoms with van der Waals surface area (Å²) in [5.41, 5.74) is 1.95. The highest BCUT2D eigenvalue weighted by molar-refractivity contribution is 9.10. The molecular formula is C24H32BrCl2NO3. The molecule has 0 spiro atoms. The second-order valence-electron chi connectivity index (χ2n) is 6.79. The lowest BCUT2D eigenvalue weighted by Gasteiger charge is -2.20. The largest absolute Gasteiger partial charge is 0.478 e. The van der Waals surface area contributed by atoms with Gasteiger partial charge in [-0.05, 0) is 67.9 Å². The molecule has 172 valence electrons. The lowest BCUT2D eigenvalue weighted by molar-refractivity contribution is -0.131. The molecule has 2 N–H and O–H groups in total. The van der Waals surface area contributed by atoms with Crippen LogP contribution in [0.5, 0.6) is 0 Å². The van der Waals surface area contributed by atoms with Gasteiger partial charge in [-0.2, -0.15) is 0 Å². The fourth-order valence-corrected chi connectivity index (χ4v) is 3.43. The fraction of sp³-hybridized carbons (Fsp3) is 0.375. The third-order valence-electron chi connectivity index (χ3n) is 4.79. The van der Waals surface area contributed by atoms with E-state index in [9.17, 15) is 9.90 Å². The first-order valence-electron chi connectivity index (χ1n) is 10.1. The first-order chi connectivity index (χ1) is 14.4. The summed E-state index contributed by atoms with van der Waals surface area (Å²) in [5.74, 6) is -0.705. The zero-order valence-electron chi connectivity index (χ0n) is 18.0. The van der Waals surface area contributed by atoms with Gasteiger partial charge in [0.2, 0.25) is 0 Å². The summed E-state index contributed by atoms with van der Waals surface area (Å²) in [5, 5.41) is 18.4. The van der Waals surface area contributed by atoms with Crippen molar-refractivity contribution in [2.24, 2.45) is 0 Å². The lowest BCUT2D eigenvalue weighted by atomic mass is 9.95. The number of nitrogens with zero attached hydrogens (tertiary/aromatic N) is 1. The van der Waals surface area contributed by atoms with E-state index in [-0.39, 0.29) is 24.9 Å². The minimum atomic E-state index is -0.977. The summed E-state index contributed by atoms with van der Waals surface area (Å²) in [7, 11) is 0. The number of carbonyl (C=O) groups is 1. The Labute approximate surface area is 205 Å². The molecule has 0 saturated heterocycles. The predicted molar refractivity (Wildman–Crippen MR) is 136 cm³/mol. The molecule has 0 aliphatic rings. The number of halogens is 3. The maximum Gasteiger partial charge on any atom is 0.328 e. The van der Waals surface area contributed by atoms with Gasteiger partial charge in [0.05, 0.1) is 0 Å². The van der Waals surface area contributed by atoms with Crippen molar-refractivity contribution < 1.29 is 15.0 Å². The third kappa shape index (κ3) is 12.3. The van der Waals surface area contributed by atoms with Crippen LogP contribution in [-0.2, 0) is 4.79 Å². The van der Waals surface area contributed by atoms with Crippen molar-refractivity contribution in [3.05, 3.63) is 75.2 Å². The van der Waals surface area contributed by atoms with Crippen LogP contribution in [0.25, 0.3) is 6.08 Å². The van der Waals surface area contributed by atoms with Gasteiger partial charge in [-0.15, -0.1) is 12.4 Å². The highest BCUT2D eigenvalue weighted by atomic mass is 79.9. The number of aliphatic carboxylic acids is 1. The second kappa shape index (κ2) is 17.2. The topological polar surface area (TPSA) is 60.8 Å². The molecule has 1 atom stereocenters. The van der Waals surface area contributed by atoms with Gasteiger partial charge in [0.15, 0.2) is 0 Å². The molecular weight excluding hydrogens is 501 g/mol. The number of rotatable bonds is 10. The first kappa shape index (κ1) is 29.6. The minimum absolute atomic E-state index is 0. The lowest BCUT2D eigenvalue weighted by Crippen LogP contribution is -2.24. The molecule has 0 aliphatic heterocycles. The van der Waals surface area contributed by atoms with E-state index in [1.807, 2.05) is 12.1 Å². The van der Waals surface area contributed by atoms with Crippen molar-refractivity contribution >= 4 is 52.0 Å². The molecule has 31 heavy (non-hydrogen) atoms. The summed E-state index contributed by atoms with van der Waals surface area (Å²) < 4.78 is 1.09. The summed E-state index contributed by atoms with van der Waals surface area (Å²) in [4.78, 5) is 12.6. The van der Waals surface area contributed by atoms with E-state index in [1.54, 1.807) is 24.3 Å². The van der Waals surface area contributed by atoms with Gasteiger partial charge in [-0.3, -0.25) is 0 Å². The number of hydrogen-bond acceptors (Lipinski definition) is 3. The van der Waals surface area contributed by atoms with E-state index in [0.717, 1.165) is 43.0 Å². The van der Waals surface area contributed by atoms with Gasteiger partial charge in [0, 0.05) is 28.1 Å². The molecule has 7 heteroatoms. The quantitative estimate of drug-likeness (QED) is 0.342. The van der Waals surface area contributed by atoms with E-state index in [2.05, 4.69) is 46.8 Å². The number of aliphatic hydroxyl groups is 1. The summed E-state index contributed by atoms with van der Waals surface area (Å²) in [6, 6.07) is 15.3. The van der Waals surface area contributed by atoms with Crippen LogP contribution < -0.4 is 0 Å². The molecule has 1 unspecified atom stereocenters. The van der Waals surface area contributed by atoms with Crippen molar-refractivity contribution in [3.63, 3.8) is 0 Å². The summed E-state index contributed by atoms with van der Waals surface area (Å²) in [6.07, 6.45) is 4.71. The molecule has 2 aromatic carbocycles. The smallest absolute Gasteiger partial charge is 0.328 e. The van der Waals surface area contributed by atoms with Crippen LogP contribution >= 0.6 is 39.9 Å². The predicted octanol–water partition coefficient (Wildman–Crippen LogP) is 6.51. The molecule has 0 fully saturated rings. The Kier molecular flexibility index (Phi) is 16.5. The van der Waals surface area contributed by atoms with Crippen LogP contribution in [-0.4, -0.2) is 47.3 Å². The number of hydrogen-bond donors (Lipinski definition) is 2. The van der Waals surface area contributed by atoms with Gasteiger partial charge in [-0.25, -0.2) is 4.79 Å². The average molecular weight is 533 g/mol. The van der Waals surface area contributed by atoms with Gasteiger partial charge in [0.25, 0.3) is 0 Å². The van der Waals surface area contributed by atoms with E-state index in [1.165, 1.54) is 11.6 Å². The van der Waals surface area contributed by atoms with Crippen LogP contribution in [0.1, 0.15) is 43.7 Å². The normalized spacial score (nSPS) is 11.5. The van der Waals surface area contributed by atoms with Crippen LogP contribution in [0.4, 0.5) is 0 Å². The summed E-state index contributed by atoms with van der Waals surface area (Å²) >= 11 is 9.20. The number of carboxylic acids is 1. The number of benzene rings is 2. The zero-order valence-corrected chi connectivity index (χ0v) is 21.2. The molecule has 0 aromatic heterocycles. The maximum atomic E-state index is 10.2. The van der Waals surface area contributed by atoms with Crippen LogP contribution in [0.2, 0.25) is 5.02 Å². The molecule has 0 radical (unpaired) electrons. The average Bonchev–Trinajstić information content (AvgIpc) is 2.75. The van der Waals surface area contributed by atoms with Gasteiger partial charge in [-0.1, -0.05) is 71.7 Å². The molecule has 2 rings (SSSR count). The Morgan fingerprint density at radius 2 is 1.74 bits per heavy atom. The molecule has 0 bridgehead atoms. The molecule has 0 heterocycles. The van der Waals surface area contributed by atoms with E-state index in [0.29, 0.717) is 10.6 Å². The van der Waals surface area contributed by atoms with Crippen molar-refractivity contribution in [1.82, 2.24) is 4.90 Å². The molecule has 2 aromatic rings. The molecule has 0 saturated carbocycles. The Balaban J connectivity index is 0.000000605.